The highest BCUT2D eigenvalue weighted by atomic mass is 16.6. The van der Waals surface area contributed by atoms with E-state index in [1.807, 2.05) is 72.8 Å². The lowest BCUT2D eigenvalue weighted by Gasteiger charge is -2.10. The summed E-state index contributed by atoms with van der Waals surface area (Å²) in [5.74, 6) is 0.600. The Morgan fingerprint density at radius 1 is 1.04 bits per heavy atom. The second-order valence-corrected chi connectivity index (χ2v) is 6.33. The van der Waals surface area contributed by atoms with Crippen LogP contribution < -0.4 is 10.1 Å². The molecule has 0 fully saturated rings. The zero-order valence-corrected chi connectivity index (χ0v) is 14.8. The van der Waals surface area contributed by atoms with Crippen molar-refractivity contribution in [2.24, 2.45) is 5.16 Å². The SMILES string of the molecule is O=C(NCCOc1cccc2ccccc12)C1=NOC(c2ccccc2)C1. The topological polar surface area (TPSA) is 59.9 Å². The molecule has 3 aromatic rings. The number of amides is 1. The summed E-state index contributed by atoms with van der Waals surface area (Å²) in [5, 5.41) is 8.96. The van der Waals surface area contributed by atoms with Crippen LogP contribution in [0.2, 0.25) is 0 Å². The van der Waals surface area contributed by atoms with Crippen LogP contribution in [0.3, 0.4) is 0 Å². The molecule has 136 valence electrons. The van der Waals surface area contributed by atoms with Crippen molar-refractivity contribution in [3.63, 3.8) is 0 Å². The van der Waals surface area contributed by atoms with Crippen molar-refractivity contribution in [2.45, 2.75) is 12.5 Å². The number of fused-ring (bicyclic) bond motifs is 1. The van der Waals surface area contributed by atoms with E-state index < -0.39 is 0 Å². The molecule has 0 radical (unpaired) electrons. The van der Waals surface area contributed by atoms with Crippen LogP contribution in [0.15, 0.2) is 78.0 Å². The standard InChI is InChI=1S/C22H20N2O3/c25-22(19-15-21(27-24-19)17-8-2-1-3-9-17)23-13-14-26-20-12-6-10-16-7-4-5-11-18(16)20/h1-12,21H,13-15H2,(H,23,25). The van der Waals surface area contributed by atoms with E-state index in [0.29, 0.717) is 25.3 Å². The minimum absolute atomic E-state index is 0.195. The maximum atomic E-state index is 12.3. The monoisotopic (exact) mass is 360 g/mol. The number of nitrogens with zero attached hydrogens (tertiary/aromatic N) is 1. The van der Waals surface area contributed by atoms with E-state index in [-0.39, 0.29) is 12.0 Å². The predicted molar refractivity (Wildman–Crippen MR) is 105 cm³/mol. The van der Waals surface area contributed by atoms with Crippen LogP contribution in [0.1, 0.15) is 18.1 Å². The molecule has 4 rings (SSSR count). The molecule has 0 saturated carbocycles. The lowest BCUT2D eigenvalue weighted by atomic mass is 10.0. The number of rotatable bonds is 6. The molecule has 1 heterocycles. The highest BCUT2D eigenvalue weighted by Gasteiger charge is 2.26. The van der Waals surface area contributed by atoms with Gasteiger partial charge in [0.25, 0.3) is 5.91 Å². The summed E-state index contributed by atoms with van der Waals surface area (Å²) < 4.78 is 5.84. The zero-order chi connectivity index (χ0) is 18.5. The Kier molecular flexibility index (Phi) is 5.01. The Bertz CT molecular complexity index is 964. The van der Waals surface area contributed by atoms with E-state index in [9.17, 15) is 4.79 Å². The largest absolute Gasteiger partial charge is 0.491 e. The lowest BCUT2D eigenvalue weighted by Crippen LogP contribution is -2.33. The Labute approximate surface area is 157 Å². The first-order valence-corrected chi connectivity index (χ1v) is 8.97. The number of carbonyl (C=O) groups excluding carboxylic acids is 1. The zero-order valence-electron chi connectivity index (χ0n) is 14.8. The highest BCUT2D eigenvalue weighted by Crippen LogP contribution is 2.27. The molecule has 1 unspecified atom stereocenters. The first kappa shape index (κ1) is 17.1. The van der Waals surface area contributed by atoms with Gasteiger partial charge in [0.05, 0.1) is 6.54 Å². The molecule has 0 spiro atoms. The summed E-state index contributed by atoms with van der Waals surface area (Å²) in [4.78, 5) is 17.7. The van der Waals surface area contributed by atoms with Crippen molar-refractivity contribution in [1.82, 2.24) is 5.32 Å². The van der Waals surface area contributed by atoms with Crippen LogP contribution in [0.25, 0.3) is 10.8 Å². The summed E-state index contributed by atoms with van der Waals surface area (Å²) in [6, 6.07) is 23.8. The number of nitrogens with one attached hydrogen (secondary N) is 1. The van der Waals surface area contributed by atoms with Crippen LogP contribution in [-0.4, -0.2) is 24.8 Å². The van der Waals surface area contributed by atoms with Gasteiger partial charge in [0, 0.05) is 11.8 Å². The van der Waals surface area contributed by atoms with Gasteiger partial charge < -0.3 is 14.9 Å². The van der Waals surface area contributed by atoms with Crippen molar-refractivity contribution in [3.05, 3.63) is 78.4 Å². The van der Waals surface area contributed by atoms with Crippen LogP contribution in [-0.2, 0) is 9.63 Å². The fraction of sp³-hybridized carbons (Fsp3) is 0.182. The van der Waals surface area contributed by atoms with Crippen molar-refractivity contribution in [2.75, 3.05) is 13.2 Å². The molecule has 27 heavy (non-hydrogen) atoms. The van der Waals surface area contributed by atoms with Crippen LogP contribution >= 0.6 is 0 Å². The Morgan fingerprint density at radius 2 is 1.81 bits per heavy atom. The van der Waals surface area contributed by atoms with Gasteiger partial charge in [-0.2, -0.15) is 0 Å². The van der Waals surface area contributed by atoms with E-state index in [2.05, 4.69) is 10.5 Å². The second kappa shape index (κ2) is 7.91. The Hall–Kier alpha value is -3.34. The normalized spacial score (nSPS) is 15.9. The summed E-state index contributed by atoms with van der Waals surface area (Å²) in [7, 11) is 0. The van der Waals surface area contributed by atoms with Crippen molar-refractivity contribution >= 4 is 22.4 Å². The van der Waals surface area contributed by atoms with Crippen molar-refractivity contribution in [3.8, 4) is 5.75 Å². The highest BCUT2D eigenvalue weighted by molar-refractivity contribution is 6.39. The van der Waals surface area contributed by atoms with Gasteiger partial charge in [0.1, 0.15) is 18.1 Å². The fourth-order valence-corrected chi connectivity index (χ4v) is 3.11. The molecule has 5 heteroatoms. The predicted octanol–water partition coefficient (Wildman–Crippen LogP) is 3.85. The molecule has 5 nitrogen and oxygen atoms in total. The lowest BCUT2D eigenvalue weighted by molar-refractivity contribution is -0.115. The molecule has 3 aromatic carbocycles. The minimum Gasteiger partial charge on any atom is -0.491 e. The average Bonchev–Trinajstić information content (AvgIpc) is 3.22. The van der Waals surface area contributed by atoms with Gasteiger partial charge in [0.15, 0.2) is 6.10 Å². The summed E-state index contributed by atoms with van der Waals surface area (Å²) in [6.07, 6.45) is 0.277. The van der Waals surface area contributed by atoms with Crippen molar-refractivity contribution in [1.29, 1.82) is 0 Å². The summed E-state index contributed by atoms with van der Waals surface area (Å²) in [5.41, 5.74) is 1.43. The third-order valence-electron chi connectivity index (χ3n) is 4.50. The van der Waals surface area contributed by atoms with E-state index in [0.717, 1.165) is 22.1 Å². The first-order chi connectivity index (χ1) is 13.3. The fourth-order valence-electron chi connectivity index (χ4n) is 3.11. The van der Waals surface area contributed by atoms with E-state index >= 15 is 0 Å². The van der Waals surface area contributed by atoms with E-state index in [1.165, 1.54) is 0 Å². The molecule has 1 aliphatic heterocycles. The van der Waals surface area contributed by atoms with Crippen LogP contribution in [0, 0.1) is 0 Å². The molecule has 0 bridgehead atoms. The molecule has 1 atom stereocenters. The molecule has 1 aliphatic rings. The van der Waals surface area contributed by atoms with Crippen LogP contribution in [0.4, 0.5) is 0 Å². The number of carbonyl (C=O) groups is 1. The van der Waals surface area contributed by atoms with E-state index in [4.69, 9.17) is 9.57 Å². The molecular weight excluding hydrogens is 340 g/mol. The molecular formula is C22H20N2O3. The van der Waals surface area contributed by atoms with Gasteiger partial charge >= 0.3 is 0 Å². The molecule has 0 aliphatic carbocycles. The van der Waals surface area contributed by atoms with Gasteiger partial charge in [-0.15, -0.1) is 0 Å². The first-order valence-electron chi connectivity index (χ1n) is 8.97. The number of hydrogen-bond acceptors (Lipinski definition) is 4. The number of ether oxygens (including phenoxy) is 1. The van der Waals surface area contributed by atoms with Gasteiger partial charge in [-0.3, -0.25) is 4.79 Å². The van der Waals surface area contributed by atoms with Crippen LogP contribution in [0.5, 0.6) is 5.75 Å². The van der Waals surface area contributed by atoms with E-state index in [1.54, 1.807) is 0 Å². The molecule has 1 N–H and O–H groups in total. The number of hydrogen-bond donors (Lipinski definition) is 1. The number of oxime groups is 1. The molecule has 1 amide bonds. The quantitative estimate of drug-likeness (QED) is 0.679. The molecule has 0 saturated heterocycles. The van der Waals surface area contributed by atoms with Crippen molar-refractivity contribution < 1.29 is 14.4 Å². The number of benzene rings is 3. The van der Waals surface area contributed by atoms with Gasteiger partial charge in [-0.1, -0.05) is 71.9 Å². The maximum absolute atomic E-state index is 12.3. The van der Waals surface area contributed by atoms with Gasteiger partial charge in [0.2, 0.25) is 0 Å². The Morgan fingerprint density at radius 3 is 2.70 bits per heavy atom. The Balaban J connectivity index is 1.27. The minimum atomic E-state index is -0.213. The maximum Gasteiger partial charge on any atom is 0.269 e. The molecule has 0 aromatic heterocycles. The third kappa shape index (κ3) is 3.92. The third-order valence-corrected chi connectivity index (χ3v) is 4.50. The average molecular weight is 360 g/mol. The summed E-state index contributed by atoms with van der Waals surface area (Å²) in [6.45, 7) is 0.785. The van der Waals surface area contributed by atoms with Gasteiger partial charge in [-0.25, -0.2) is 0 Å². The second-order valence-electron chi connectivity index (χ2n) is 6.33. The smallest absolute Gasteiger partial charge is 0.269 e. The van der Waals surface area contributed by atoms with Gasteiger partial charge in [-0.05, 0) is 17.0 Å². The summed E-state index contributed by atoms with van der Waals surface area (Å²) >= 11 is 0.